The fraction of sp³-hybridized carbons (Fsp3) is 0.0870. The van der Waals surface area contributed by atoms with Crippen LogP contribution in [-0.4, -0.2) is 18.9 Å². The Morgan fingerprint density at radius 3 is 2.52 bits per heavy atom. The van der Waals surface area contributed by atoms with E-state index in [9.17, 15) is 9.59 Å². The monoisotopic (exact) mass is 386 g/mol. The van der Waals surface area contributed by atoms with Gasteiger partial charge < -0.3 is 9.15 Å². The van der Waals surface area contributed by atoms with E-state index in [-0.39, 0.29) is 11.1 Å². The van der Waals surface area contributed by atoms with Crippen molar-refractivity contribution in [3.63, 3.8) is 0 Å². The SMILES string of the molecule is COc1ccccc1N=c1oc2ccc3ccccc3c2cc1C(=O)NC(C)=O. The summed E-state index contributed by atoms with van der Waals surface area (Å²) in [6.07, 6.45) is 0. The lowest BCUT2D eigenvalue weighted by Crippen LogP contribution is -2.32. The number of amides is 2. The van der Waals surface area contributed by atoms with Crippen LogP contribution in [0.5, 0.6) is 5.75 Å². The zero-order valence-corrected chi connectivity index (χ0v) is 15.9. The van der Waals surface area contributed by atoms with Crippen molar-refractivity contribution in [2.45, 2.75) is 6.92 Å². The summed E-state index contributed by atoms with van der Waals surface area (Å²) >= 11 is 0. The van der Waals surface area contributed by atoms with Gasteiger partial charge in [0.2, 0.25) is 11.5 Å². The molecule has 0 aliphatic heterocycles. The smallest absolute Gasteiger partial charge is 0.263 e. The number of hydrogen-bond donors (Lipinski definition) is 1. The molecule has 0 unspecified atom stereocenters. The summed E-state index contributed by atoms with van der Waals surface area (Å²) in [6.45, 7) is 1.28. The average molecular weight is 386 g/mol. The van der Waals surface area contributed by atoms with Gasteiger partial charge in [-0.15, -0.1) is 0 Å². The number of benzene rings is 3. The van der Waals surface area contributed by atoms with Crippen molar-refractivity contribution < 1.29 is 18.7 Å². The number of carbonyl (C=O) groups excluding carboxylic acids is 2. The van der Waals surface area contributed by atoms with Crippen molar-refractivity contribution in [2.75, 3.05) is 7.11 Å². The summed E-state index contributed by atoms with van der Waals surface area (Å²) in [5, 5.41) is 5.01. The van der Waals surface area contributed by atoms with E-state index in [0.717, 1.165) is 16.2 Å². The molecule has 0 saturated carbocycles. The van der Waals surface area contributed by atoms with Gasteiger partial charge in [-0.2, -0.15) is 0 Å². The highest BCUT2D eigenvalue weighted by molar-refractivity contribution is 6.09. The molecular weight excluding hydrogens is 368 g/mol. The summed E-state index contributed by atoms with van der Waals surface area (Å²) < 4.78 is 11.4. The number of carbonyl (C=O) groups is 2. The second-order valence-electron chi connectivity index (χ2n) is 6.46. The van der Waals surface area contributed by atoms with Gasteiger partial charge in [0, 0.05) is 12.3 Å². The van der Waals surface area contributed by atoms with Gasteiger partial charge in [-0.1, -0.05) is 42.5 Å². The average Bonchev–Trinajstić information content (AvgIpc) is 2.73. The second-order valence-corrected chi connectivity index (χ2v) is 6.46. The maximum atomic E-state index is 12.7. The maximum absolute atomic E-state index is 12.7. The van der Waals surface area contributed by atoms with Gasteiger partial charge in [-0.3, -0.25) is 14.9 Å². The Kier molecular flexibility index (Phi) is 4.83. The predicted octanol–water partition coefficient (Wildman–Crippen LogP) is 4.10. The zero-order chi connectivity index (χ0) is 20.4. The van der Waals surface area contributed by atoms with Crippen LogP contribution in [0.25, 0.3) is 21.7 Å². The highest BCUT2D eigenvalue weighted by Crippen LogP contribution is 2.27. The molecule has 1 N–H and O–H groups in total. The van der Waals surface area contributed by atoms with Crippen LogP contribution in [0, 0.1) is 0 Å². The van der Waals surface area contributed by atoms with Gasteiger partial charge in [0.15, 0.2) is 0 Å². The quantitative estimate of drug-likeness (QED) is 0.538. The highest BCUT2D eigenvalue weighted by Gasteiger charge is 2.15. The first kappa shape index (κ1) is 18.4. The molecule has 144 valence electrons. The van der Waals surface area contributed by atoms with Crippen LogP contribution in [0.4, 0.5) is 5.69 Å². The molecule has 6 nitrogen and oxygen atoms in total. The first-order valence-corrected chi connectivity index (χ1v) is 9.02. The van der Waals surface area contributed by atoms with Crippen molar-refractivity contribution in [1.82, 2.24) is 5.32 Å². The Labute approximate surface area is 166 Å². The summed E-state index contributed by atoms with van der Waals surface area (Å²) in [4.78, 5) is 28.7. The minimum absolute atomic E-state index is 0.0935. The Bertz CT molecular complexity index is 1320. The van der Waals surface area contributed by atoms with Crippen LogP contribution in [0.3, 0.4) is 0 Å². The first-order valence-electron chi connectivity index (χ1n) is 9.02. The molecule has 2 amide bonds. The molecule has 0 bridgehead atoms. The van der Waals surface area contributed by atoms with Crippen molar-refractivity contribution >= 4 is 39.2 Å². The standard InChI is InChI=1S/C23H18N2O4/c1-14(26)24-22(27)18-13-17-16-8-4-3-7-15(16)11-12-20(17)29-23(18)25-19-9-5-6-10-21(19)28-2/h3-13H,1-2H3,(H,24,26,27). The van der Waals surface area contributed by atoms with Crippen molar-refractivity contribution in [1.29, 1.82) is 0 Å². The number of para-hydroxylation sites is 2. The molecule has 6 heteroatoms. The fourth-order valence-electron chi connectivity index (χ4n) is 3.18. The number of fused-ring (bicyclic) bond motifs is 3. The number of ether oxygens (including phenoxy) is 1. The summed E-state index contributed by atoms with van der Waals surface area (Å²) in [5.41, 5.74) is 1.35. The summed E-state index contributed by atoms with van der Waals surface area (Å²) in [5.74, 6) is -0.500. The van der Waals surface area contributed by atoms with E-state index in [2.05, 4.69) is 10.3 Å². The summed E-state index contributed by atoms with van der Waals surface area (Å²) in [6, 6.07) is 20.4. The van der Waals surface area contributed by atoms with Crippen LogP contribution in [-0.2, 0) is 4.79 Å². The predicted molar refractivity (Wildman–Crippen MR) is 110 cm³/mol. The first-order chi connectivity index (χ1) is 14.1. The highest BCUT2D eigenvalue weighted by atomic mass is 16.5. The molecule has 0 radical (unpaired) electrons. The number of rotatable bonds is 3. The molecule has 4 aromatic rings. The largest absolute Gasteiger partial charge is 0.494 e. The lowest BCUT2D eigenvalue weighted by Gasteiger charge is -2.08. The summed E-state index contributed by atoms with van der Waals surface area (Å²) in [7, 11) is 1.54. The van der Waals surface area contributed by atoms with Crippen molar-refractivity contribution in [3.8, 4) is 5.75 Å². The minimum atomic E-state index is -0.579. The third kappa shape index (κ3) is 3.60. The molecule has 0 saturated heterocycles. The van der Waals surface area contributed by atoms with Crippen molar-refractivity contribution in [3.05, 3.63) is 77.8 Å². The van der Waals surface area contributed by atoms with Gasteiger partial charge in [-0.05, 0) is 35.0 Å². The lowest BCUT2D eigenvalue weighted by molar-refractivity contribution is -0.118. The fourth-order valence-corrected chi connectivity index (χ4v) is 3.18. The number of nitrogens with one attached hydrogen (secondary N) is 1. The van der Waals surface area contributed by atoms with E-state index in [1.54, 1.807) is 25.3 Å². The molecule has 29 heavy (non-hydrogen) atoms. The van der Waals surface area contributed by atoms with E-state index >= 15 is 0 Å². The molecule has 0 atom stereocenters. The number of hydrogen-bond acceptors (Lipinski definition) is 5. The van der Waals surface area contributed by atoms with Gasteiger partial charge in [0.05, 0.1) is 7.11 Å². The molecule has 0 aliphatic carbocycles. The van der Waals surface area contributed by atoms with E-state index < -0.39 is 11.8 Å². The number of nitrogens with zero attached hydrogens (tertiary/aromatic N) is 1. The Morgan fingerprint density at radius 2 is 1.72 bits per heavy atom. The molecule has 3 aromatic carbocycles. The normalized spacial score (nSPS) is 11.6. The van der Waals surface area contributed by atoms with Gasteiger partial charge >= 0.3 is 0 Å². The molecule has 1 heterocycles. The second kappa shape index (κ2) is 7.59. The van der Waals surface area contributed by atoms with Crippen LogP contribution in [0.1, 0.15) is 17.3 Å². The molecular formula is C23H18N2O4. The molecule has 0 fully saturated rings. The third-order valence-electron chi connectivity index (χ3n) is 4.50. The van der Waals surface area contributed by atoms with E-state index in [1.165, 1.54) is 6.92 Å². The zero-order valence-electron chi connectivity index (χ0n) is 15.9. The molecule has 0 spiro atoms. The molecule has 1 aromatic heterocycles. The maximum Gasteiger partial charge on any atom is 0.263 e. The topological polar surface area (TPSA) is 80.9 Å². The van der Waals surface area contributed by atoms with Crippen LogP contribution < -0.4 is 15.6 Å². The van der Waals surface area contributed by atoms with Crippen LogP contribution >= 0.6 is 0 Å². The Morgan fingerprint density at radius 1 is 0.966 bits per heavy atom. The molecule has 0 aliphatic rings. The third-order valence-corrected chi connectivity index (χ3v) is 4.50. The Balaban J connectivity index is 2.04. The molecule has 4 rings (SSSR count). The van der Waals surface area contributed by atoms with Gasteiger partial charge in [0.25, 0.3) is 5.91 Å². The minimum Gasteiger partial charge on any atom is -0.494 e. The van der Waals surface area contributed by atoms with Crippen LogP contribution in [0.2, 0.25) is 0 Å². The van der Waals surface area contributed by atoms with E-state index in [1.807, 2.05) is 48.5 Å². The lowest BCUT2D eigenvalue weighted by atomic mass is 10.0. The number of imide groups is 1. The van der Waals surface area contributed by atoms with E-state index in [0.29, 0.717) is 17.0 Å². The van der Waals surface area contributed by atoms with Gasteiger partial charge in [0.1, 0.15) is 22.6 Å². The van der Waals surface area contributed by atoms with Crippen molar-refractivity contribution in [2.24, 2.45) is 4.99 Å². The van der Waals surface area contributed by atoms with Crippen LogP contribution in [0.15, 0.2) is 76.1 Å². The Hall–Kier alpha value is -3.93. The number of methoxy groups -OCH3 is 1. The van der Waals surface area contributed by atoms with E-state index in [4.69, 9.17) is 9.15 Å². The van der Waals surface area contributed by atoms with Gasteiger partial charge in [-0.25, -0.2) is 4.99 Å².